The minimum atomic E-state index is -4.99. The number of aromatic nitrogens is 1. The number of nitrogens with zero attached hydrogens (tertiary/aromatic N) is 2. The van der Waals surface area contributed by atoms with Crippen LogP contribution in [-0.4, -0.2) is 59.5 Å². The van der Waals surface area contributed by atoms with E-state index in [1.54, 1.807) is 42.5 Å². The van der Waals surface area contributed by atoms with Crippen molar-refractivity contribution >= 4 is 66.1 Å². The van der Waals surface area contributed by atoms with Gasteiger partial charge in [0.15, 0.2) is 6.29 Å². The van der Waals surface area contributed by atoms with Crippen LogP contribution < -0.4 is 0 Å². The van der Waals surface area contributed by atoms with E-state index < -0.39 is 30.0 Å². The van der Waals surface area contributed by atoms with Crippen molar-refractivity contribution in [1.82, 2.24) is 4.98 Å². The number of carbonyl (C=O) groups is 2. The molecule has 0 atom stereocenters. The fraction of sp³-hybridized carbons (Fsp3) is 0. The van der Waals surface area contributed by atoms with Crippen LogP contribution in [0.3, 0.4) is 0 Å². The number of carbonyl (C=O) groups excluding carboxylic acids is 2. The second kappa shape index (κ2) is 13.6. The van der Waals surface area contributed by atoms with Gasteiger partial charge in [-0.05, 0) is 11.6 Å². The van der Waals surface area contributed by atoms with Crippen molar-refractivity contribution in [3.63, 3.8) is 0 Å². The normalized spacial score (nSPS) is 16.8. The van der Waals surface area contributed by atoms with Gasteiger partial charge in [0, 0.05) is 11.1 Å². The summed E-state index contributed by atoms with van der Waals surface area (Å²) >= 11 is 0.795. The van der Waals surface area contributed by atoms with Gasteiger partial charge in [-0.25, -0.2) is 0 Å². The minimum Gasteiger partial charge on any atom is -0.298 e. The van der Waals surface area contributed by atoms with Crippen molar-refractivity contribution in [3.05, 3.63) is 142 Å². The Morgan fingerprint density at radius 3 is 2.25 bits per heavy atom. The van der Waals surface area contributed by atoms with Crippen LogP contribution >= 0.6 is 0 Å². The van der Waals surface area contributed by atoms with Gasteiger partial charge < -0.3 is 5.73 Å². The van der Waals surface area contributed by atoms with Gasteiger partial charge in [0.2, 0.25) is 0 Å². The van der Waals surface area contributed by atoms with Crippen LogP contribution in [0.5, 0.6) is 0 Å². The first-order valence-corrected chi connectivity index (χ1v) is 18.3. The van der Waals surface area contributed by atoms with Gasteiger partial charge in [0.25, 0.3) is 0 Å². The predicted octanol–water partition coefficient (Wildman–Crippen LogP) is 5.06. The molecule has 0 radical (unpaired) electrons. The zero-order valence-corrected chi connectivity index (χ0v) is 29.3. The molecule has 5 rings (SSSR count). The molecule has 2 aliphatic rings. The molecule has 0 saturated heterocycles. The Morgan fingerprint density at radius 1 is 0.875 bits per heavy atom. The Balaban J connectivity index is 1.61. The number of nitrogens with one attached hydrogen (secondary N) is 2. The standard InChI is InChI=1S/C33H23N4O8S2.Zn/c1-3-27(34)32(25-9-5-20(17-38)14-21(25)18-39)28-12-6-22(36-28)15-23-7-13-30(37-23)33(29-11-4-19(2)35-29)26-10-8-24(46(40,41)42)16-31(26)47(43,44)45;/h1-18H,(H5,34,35,36,37,38,39,40,41,42,43,44,45);/q-1;/p-1. The first-order valence-electron chi connectivity index (χ1n) is 13.7. The van der Waals surface area contributed by atoms with Crippen molar-refractivity contribution < 1.29 is 53.4 Å². The second-order valence-electron chi connectivity index (χ2n) is 10.2. The third-order valence-corrected chi connectivity index (χ3v) is 9.79. The number of allylic oxidation sites excluding steroid dienone is 6. The van der Waals surface area contributed by atoms with Crippen molar-refractivity contribution in [3.8, 4) is 0 Å². The minimum absolute atomic E-state index is 0.0776. The molecule has 3 heterocycles. The summed E-state index contributed by atoms with van der Waals surface area (Å²) < 4.78 is 69.9. The second-order valence-corrected chi connectivity index (χ2v) is 13.9. The molecular weight excluding hydrogens is 710 g/mol. The fourth-order valence-electron chi connectivity index (χ4n) is 5.02. The molecule has 0 saturated carbocycles. The molecule has 4 N–H and O–H groups in total. The molecule has 0 aliphatic carbocycles. The molecule has 0 fully saturated rings. The summed E-state index contributed by atoms with van der Waals surface area (Å²) in [5.74, 6) is 0. The predicted molar refractivity (Wildman–Crippen MR) is 177 cm³/mol. The van der Waals surface area contributed by atoms with Gasteiger partial charge in [-0.3, -0.25) is 27.9 Å². The first kappa shape index (κ1) is 34.3. The van der Waals surface area contributed by atoms with Gasteiger partial charge >= 0.3 is 199 Å². The van der Waals surface area contributed by atoms with Gasteiger partial charge in [0.1, 0.15) is 6.29 Å². The molecule has 12 nitrogen and oxygen atoms in total. The van der Waals surface area contributed by atoms with Crippen molar-refractivity contribution in [2.75, 3.05) is 0 Å². The van der Waals surface area contributed by atoms with Gasteiger partial charge in [-0.15, -0.1) is 0 Å². The maximum absolute atomic E-state index is 12.5. The molecule has 0 unspecified atom stereocenters. The van der Waals surface area contributed by atoms with E-state index in [-0.39, 0.29) is 33.5 Å². The third-order valence-electron chi connectivity index (χ3n) is 7.17. The monoisotopic (exact) mass is 730 g/mol. The molecule has 0 spiro atoms. The van der Waals surface area contributed by atoms with Crippen LogP contribution in [0.25, 0.3) is 23.0 Å². The van der Waals surface area contributed by atoms with Gasteiger partial charge in [0.05, 0.1) is 0 Å². The van der Waals surface area contributed by atoms with Crippen molar-refractivity contribution in [2.45, 2.75) is 9.79 Å². The van der Waals surface area contributed by atoms with E-state index >= 15 is 0 Å². The van der Waals surface area contributed by atoms with Crippen molar-refractivity contribution in [2.24, 2.45) is 9.98 Å². The molecule has 2 aliphatic heterocycles. The van der Waals surface area contributed by atoms with Crippen molar-refractivity contribution in [1.29, 1.82) is 0 Å². The average Bonchev–Trinajstić information content (AvgIpc) is 3.83. The fourth-order valence-corrected chi connectivity index (χ4v) is 6.80. The van der Waals surface area contributed by atoms with E-state index in [1.165, 1.54) is 18.2 Å². The number of H-pyrrole nitrogens is 1. The average molecular weight is 732 g/mol. The molecule has 3 aromatic rings. The Morgan fingerprint density at radius 2 is 1.62 bits per heavy atom. The molecule has 15 heteroatoms. The number of aromatic amines is 1. The first-order chi connectivity index (χ1) is 22.8. The van der Waals surface area contributed by atoms with Crippen LogP contribution in [0.15, 0.2) is 116 Å². The van der Waals surface area contributed by atoms with Crippen LogP contribution in [0.2, 0.25) is 0 Å². The van der Waals surface area contributed by atoms with Crippen LogP contribution in [0, 0.1) is 6.58 Å². The Labute approximate surface area is 284 Å². The van der Waals surface area contributed by atoms with Gasteiger partial charge in [-0.1, -0.05) is 17.7 Å². The van der Waals surface area contributed by atoms with E-state index in [4.69, 9.17) is 12.3 Å². The number of hydrogen-bond donors (Lipinski definition) is 3. The van der Waals surface area contributed by atoms with E-state index in [0.29, 0.717) is 58.4 Å². The SMILES string of the molecule is [CH-]=C/C([NH-])=C(/C1=NC(=Cc2ccc(/C(=C3/C=CC([CH]=[Zn])=N3)c3ccc(S(=O)(=O)O)cc3S(=O)(=O)O)[nH]2)C=C1)c1ccc(C=O)cc1C=O. The van der Waals surface area contributed by atoms with Gasteiger partial charge in [-0.2, -0.15) is 0 Å². The van der Waals surface area contributed by atoms with E-state index in [1.807, 2.05) is 4.61 Å². The molecule has 48 heavy (non-hydrogen) atoms. The third kappa shape index (κ3) is 7.10. The molecule has 2 aromatic carbocycles. The van der Waals surface area contributed by atoms with E-state index in [9.17, 15) is 35.5 Å². The number of hydrogen-bond acceptors (Lipinski definition) is 8. The topological polar surface area (TPSA) is 207 Å². The molecule has 0 bridgehead atoms. The summed E-state index contributed by atoms with van der Waals surface area (Å²) in [6, 6.07) is 10.6. The smallest absolute Gasteiger partial charge is 0.298 e. The molecule has 1 aromatic heterocycles. The van der Waals surface area contributed by atoms with E-state index in [0.717, 1.165) is 36.1 Å². The Kier molecular flexibility index (Phi) is 9.71. The maximum atomic E-state index is 12.5. The van der Waals surface area contributed by atoms with Crippen LogP contribution in [-0.2, 0) is 38.1 Å². The summed E-state index contributed by atoms with van der Waals surface area (Å²) in [7, 11) is -9.79. The van der Waals surface area contributed by atoms with E-state index in [2.05, 4.69) is 15.0 Å². The summed E-state index contributed by atoms with van der Waals surface area (Å²) in [6.45, 7) is 5.67. The number of aldehydes is 2. The molecule has 238 valence electrons. The number of benzene rings is 2. The summed E-state index contributed by atoms with van der Waals surface area (Å²) in [4.78, 5) is 33.9. The summed E-state index contributed by atoms with van der Waals surface area (Å²) in [5.41, 5.74) is 12.1. The molecule has 0 amide bonds. The zero-order chi connectivity index (χ0) is 34.8. The summed E-state index contributed by atoms with van der Waals surface area (Å²) in [5, 5.41) is 0. The zero-order valence-electron chi connectivity index (χ0n) is 24.7. The summed E-state index contributed by atoms with van der Waals surface area (Å²) in [6.07, 6.45) is 10.6. The molecular formula is C33H22N4O8S2Zn-2. The Bertz CT molecular complexity index is 2380. The Hall–Kier alpha value is -5.05. The van der Waals surface area contributed by atoms with Crippen LogP contribution in [0.4, 0.5) is 0 Å². The number of rotatable bonds is 11. The van der Waals surface area contributed by atoms with Crippen LogP contribution in [0.1, 0.15) is 43.2 Å². The quantitative estimate of drug-likeness (QED) is 0.0797. The number of aliphatic imine (C=N–C) groups is 2.